The fourth-order valence-corrected chi connectivity index (χ4v) is 6.61. The van der Waals surface area contributed by atoms with Crippen molar-refractivity contribution < 1.29 is 19.4 Å². The molecule has 1 aromatic heterocycles. The van der Waals surface area contributed by atoms with Crippen LogP contribution >= 0.6 is 0 Å². The molecule has 1 aliphatic carbocycles. The second-order valence-electron chi connectivity index (χ2n) is 13.1. The molecule has 5 rings (SSSR count). The molecule has 2 aliphatic rings. The predicted octanol–water partition coefficient (Wildman–Crippen LogP) is 5.52. The van der Waals surface area contributed by atoms with Gasteiger partial charge >= 0.3 is 0 Å². The van der Waals surface area contributed by atoms with Crippen LogP contribution in [0.1, 0.15) is 89.6 Å². The van der Waals surface area contributed by atoms with Gasteiger partial charge in [-0.1, -0.05) is 18.2 Å². The van der Waals surface area contributed by atoms with Crippen molar-refractivity contribution in [2.45, 2.75) is 96.7 Å². The molecule has 3 aromatic rings. The van der Waals surface area contributed by atoms with Crippen LogP contribution in [-0.4, -0.2) is 55.3 Å². The van der Waals surface area contributed by atoms with E-state index >= 15 is 0 Å². The number of likely N-dealkylation sites (tertiary alicyclic amines) is 1. The molecule has 2 fully saturated rings. The summed E-state index contributed by atoms with van der Waals surface area (Å²) in [5.74, 6) is 0.659. The molecule has 2 aromatic carbocycles. The van der Waals surface area contributed by atoms with Crippen molar-refractivity contribution in [2.75, 3.05) is 18.4 Å². The Kier molecular flexibility index (Phi) is 9.20. The Hall–Kier alpha value is -3.01. The van der Waals surface area contributed by atoms with Gasteiger partial charge in [0.2, 0.25) is 11.9 Å². The third kappa shape index (κ3) is 7.13. The van der Waals surface area contributed by atoms with E-state index in [4.69, 9.17) is 4.98 Å². The van der Waals surface area contributed by atoms with Crippen molar-refractivity contribution in [1.82, 2.24) is 19.8 Å². The number of imidazole rings is 1. The summed E-state index contributed by atoms with van der Waals surface area (Å²) in [4.78, 5) is 20.0. The smallest absolute Gasteiger partial charge is 0.223 e. The van der Waals surface area contributed by atoms with Gasteiger partial charge in [0.25, 0.3) is 0 Å². The van der Waals surface area contributed by atoms with Crippen molar-refractivity contribution in [3.63, 3.8) is 0 Å². The zero-order valence-corrected chi connectivity index (χ0v) is 25.3. The molecule has 9 heteroatoms. The van der Waals surface area contributed by atoms with Crippen molar-refractivity contribution >= 4 is 22.9 Å². The number of nitrogens with zero attached hydrogens (tertiary/aromatic N) is 3. The number of aromatic nitrogens is 2. The van der Waals surface area contributed by atoms with Crippen molar-refractivity contribution in [3.05, 3.63) is 59.4 Å². The first-order valence-corrected chi connectivity index (χ1v) is 15.4. The van der Waals surface area contributed by atoms with Gasteiger partial charge in [-0.05, 0) is 115 Å². The highest BCUT2D eigenvalue weighted by Crippen LogP contribution is 2.38. The predicted molar refractivity (Wildman–Crippen MR) is 163 cm³/mol. The first kappa shape index (κ1) is 30.4. The minimum absolute atomic E-state index is 0.00189. The van der Waals surface area contributed by atoms with Gasteiger partial charge in [-0.3, -0.25) is 9.69 Å². The topological polar surface area (TPSA) is 103 Å². The van der Waals surface area contributed by atoms with E-state index in [1.165, 1.54) is 17.7 Å². The molecule has 1 saturated heterocycles. The van der Waals surface area contributed by atoms with Crippen molar-refractivity contribution in [3.8, 4) is 0 Å². The fraction of sp³-hybridized carbons (Fsp3) is 0.576. The second kappa shape index (κ2) is 12.7. The average molecular weight is 580 g/mol. The SMILES string of the molecule is CC(C)NC(=O)C1CCC(n2c(NC(O)c3ccc(F)cc3)nc3ccc(CN4CCC(C(C)(C)O)CC4)cc32)CC1. The van der Waals surface area contributed by atoms with Gasteiger partial charge in [0.05, 0.1) is 16.6 Å². The second-order valence-corrected chi connectivity index (χ2v) is 13.1. The number of anilines is 1. The summed E-state index contributed by atoms with van der Waals surface area (Å²) in [6.45, 7) is 10.5. The van der Waals surface area contributed by atoms with Crippen LogP contribution in [-0.2, 0) is 11.3 Å². The summed E-state index contributed by atoms with van der Waals surface area (Å²) in [7, 11) is 0. The third-order valence-electron chi connectivity index (χ3n) is 9.06. The quantitative estimate of drug-likeness (QED) is 0.249. The lowest BCUT2D eigenvalue weighted by Gasteiger charge is -2.37. The molecule has 1 aliphatic heterocycles. The number of aliphatic hydroxyl groups is 2. The monoisotopic (exact) mass is 579 g/mol. The minimum atomic E-state index is -1.05. The van der Waals surface area contributed by atoms with Crippen LogP contribution in [0.15, 0.2) is 42.5 Å². The van der Waals surface area contributed by atoms with Crippen LogP contribution in [0, 0.1) is 17.7 Å². The Balaban J connectivity index is 1.39. The van der Waals surface area contributed by atoms with Crippen LogP contribution in [0.2, 0.25) is 0 Å². The summed E-state index contributed by atoms with van der Waals surface area (Å²) in [6, 6.07) is 12.4. The third-order valence-corrected chi connectivity index (χ3v) is 9.06. The van der Waals surface area contributed by atoms with Gasteiger partial charge in [-0.2, -0.15) is 0 Å². The number of hydrogen-bond donors (Lipinski definition) is 4. The number of carbonyl (C=O) groups is 1. The van der Waals surface area contributed by atoms with E-state index in [-0.39, 0.29) is 29.7 Å². The molecule has 4 N–H and O–H groups in total. The summed E-state index contributed by atoms with van der Waals surface area (Å²) >= 11 is 0. The summed E-state index contributed by atoms with van der Waals surface area (Å²) in [5, 5.41) is 27.7. The normalized spacial score (nSPS) is 21.5. The summed E-state index contributed by atoms with van der Waals surface area (Å²) in [5.41, 5.74) is 2.95. The Labute approximate surface area is 248 Å². The van der Waals surface area contributed by atoms with E-state index in [9.17, 15) is 19.4 Å². The molecule has 42 heavy (non-hydrogen) atoms. The molecule has 0 radical (unpaired) electrons. The van der Waals surface area contributed by atoms with E-state index in [1.54, 1.807) is 12.1 Å². The van der Waals surface area contributed by atoms with Gasteiger partial charge in [0, 0.05) is 30.1 Å². The van der Waals surface area contributed by atoms with E-state index in [0.29, 0.717) is 17.4 Å². The number of fused-ring (bicyclic) bond motifs is 1. The summed E-state index contributed by atoms with van der Waals surface area (Å²) < 4.78 is 15.7. The van der Waals surface area contributed by atoms with Crippen LogP contribution in [0.3, 0.4) is 0 Å². The standard InChI is InChI=1S/C33H46FN5O3/c1-21(2)35-30(40)24-8-12-27(13-9-24)39-29-19-22(20-38-17-15-25(16-18-38)33(3,4)42)5-14-28(29)36-32(39)37-31(41)23-6-10-26(34)11-7-23/h5-7,10-11,14,19,21,24-25,27,31,41-42H,8-9,12-13,15-18,20H2,1-4H3,(H,35,40)(H,36,37). The van der Waals surface area contributed by atoms with Crippen LogP contribution in [0.5, 0.6) is 0 Å². The molecule has 1 atom stereocenters. The number of rotatable bonds is 9. The lowest BCUT2D eigenvalue weighted by molar-refractivity contribution is -0.126. The summed E-state index contributed by atoms with van der Waals surface area (Å²) in [6.07, 6.45) is 4.15. The number of aliphatic hydroxyl groups excluding tert-OH is 1. The zero-order chi connectivity index (χ0) is 30.0. The molecule has 228 valence electrons. The molecule has 1 unspecified atom stereocenters. The number of amides is 1. The van der Waals surface area contributed by atoms with Crippen LogP contribution in [0.4, 0.5) is 10.3 Å². The highest BCUT2D eigenvalue weighted by atomic mass is 19.1. The molecular weight excluding hydrogens is 533 g/mol. The lowest BCUT2D eigenvalue weighted by Crippen LogP contribution is -2.41. The van der Waals surface area contributed by atoms with Crippen LogP contribution in [0.25, 0.3) is 11.0 Å². The maximum absolute atomic E-state index is 13.5. The Morgan fingerprint density at radius 3 is 2.33 bits per heavy atom. The number of piperidine rings is 1. The maximum atomic E-state index is 13.5. The fourth-order valence-electron chi connectivity index (χ4n) is 6.61. The number of hydrogen-bond acceptors (Lipinski definition) is 6. The molecule has 8 nitrogen and oxygen atoms in total. The number of nitrogens with one attached hydrogen (secondary N) is 2. The van der Waals surface area contributed by atoms with Crippen molar-refractivity contribution in [1.29, 1.82) is 0 Å². The molecule has 2 heterocycles. The van der Waals surface area contributed by atoms with Gasteiger partial charge in [-0.15, -0.1) is 0 Å². The molecule has 1 saturated carbocycles. The van der Waals surface area contributed by atoms with E-state index < -0.39 is 11.8 Å². The number of benzene rings is 2. The highest BCUT2D eigenvalue weighted by Gasteiger charge is 2.32. The first-order chi connectivity index (χ1) is 20.0. The zero-order valence-electron chi connectivity index (χ0n) is 25.3. The van der Waals surface area contributed by atoms with Crippen molar-refractivity contribution in [2.24, 2.45) is 11.8 Å². The minimum Gasteiger partial charge on any atom is -0.390 e. The first-order valence-electron chi connectivity index (χ1n) is 15.4. The Morgan fingerprint density at radius 2 is 1.71 bits per heavy atom. The highest BCUT2D eigenvalue weighted by molar-refractivity contribution is 5.80. The lowest BCUT2D eigenvalue weighted by atomic mass is 9.83. The van der Waals surface area contributed by atoms with Gasteiger partial charge < -0.3 is 25.4 Å². The van der Waals surface area contributed by atoms with E-state index in [2.05, 4.69) is 32.2 Å². The molecule has 0 bridgehead atoms. The van der Waals surface area contributed by atoms with Gasteiger partial charge in [-0.25, -0.2) is 9.37 Å². The van der Waals surface area contributed by atoms with E-state index in [0.717, 1.165) is 69.2 Å². The van der Waals surface area contributed by atoms with Gasteiger partial charge in [0.1, 0.15) is 5.82 Å². The maximum Gasteiger partial charge on any atom is 0.223 e. The average Bonchev–Trinajstić information content (AvgIpc) is 3.30. The Morgan fingerprint density at radius 1 is 1.05 bits per heavy atom. The molecule has 1 amide bonds. The molecule has 0 spiro atoms. The molecular formula is C33H46FN5O3. The van der Waals surface area contributed by atoms with Gasteiger partial charge in [0.15, 0.2) is 6.23 Å². The number of carbonyl (C=O) groups excluding carboxylic acids is 1. The van der Waals surface area contributed by atoms with E-state index in [1.807, 2.05) is 33.8 Å². The largest absolute Gasteiger partial charge is 0.390 e. The Bertz CT molecular complexity index is 1350. The van der Waals surface area contributed by atoms with Crippen LogP contribution < -0.4 is 10.6 Å². The number of halogens is 1.